The summed E-state index contributed by atoms with van der Waals surface area (Å²) in [6.07, 6.45) is 10.8. The van der Waals surface area contributed by atoms with E-state index in [4.69, 9.17) is 4.74 Å². The van der Waals surface area contributed by atoms with E-state index in [0.29, 0.717) is 41.6 Å². The number of hydrogen-bond donors (Lipinski definition) is 2. The highest BCUT2D eigenvalue weighted by Crippen LogP contribution is 2.78. The molecule has 6 rings (SSSR count). The molecule has 5 aliphatic rings. The van der Waals surface area contributed by atoms with Gasteiger partial charge in [-0.15, -0.1) is 0 Å². The van der Waals surface area contributed by atoms with Crippen LogP contribution in [0.15, 0.2) is 36.4 Å². The second-order valence-corrected chi connectivity index (χ2v) is 19.8. The van der Waals surface area contributed by atoms with Crippen molar-refractivity contribution in [1.29, 1.82) is 0 Å². The minimum atomic E-state index is -1.16. The summed E-state index contributed by atoms with van der Waals surface area (Å²) in [6, 6.07) is 6.68. The van der Waals surface area contributed by atoms with Crippen molar-refractivity contribution < 1.29 is 28.6 Å². The third kappa shape index (κ3) is 6.08. The molecule has 6 nitrogen and oxygen atoms in total. The van der Waals surface area contributed by atoms with Gasteiger partial charge in [0.2, 0.25) is 5.91 Å². The molecule has 0 heterocycles. The number of carboxylic acid groups (broad SMARTS) is 1. The number of amides is 1. The van der Waals surface area contributed by atoms with Crippen LogP contribution in [-0.2, 0) is 25.7 Å². The van der Waals surface area contributed by atoms with Crippen LogP contribution in [0.5, 0.6) is 0 Å². The summed E-state index contributed by atoms with van der Waals surface area (Å²) in [4.78, 5) is 38.5. The summed E-state index contributed by atoms with van der Waals surface area (Å²) < 4.78 is 20.5. The van der Waals surface area contributed by atoms with E-state index in [1.807, 2.05) is 6.07 Å². The molecule has 282 valence electrons. The number of carboxylic acids is 1. The lowest BCUT2D eigenvalue weighted by molar-refractivity contribution is -0.250. The average molecular weight is 706 g/mol. The Morgan fingerprint density at radius 2 is 1.63 bits per heavy atom. The number of nitrogens with one attached hydrogen (secondary N) is 1. The molecule has 1 aromatic rings. The first-order valence-corrected chi connectivity index (χ1v) is 19.8. The molecule has 0 spiro atoms. The minimum absolute atomic E-state index is 0.0355. The van der Waals surface area contributed by atoms with Crippen LogP contribution in [0.2, 0.25) is 0 Å². The van der Waals surface area contributed by atoms with E-state index in [9.17, 15) is 23.9 Å². The van der Waals surface area contributed by atoms with Crippen LogP contribution in [0.25, 0.3) is 0 Å². The third-order valence-corrected chi connectivity index (χ3v) is 16.6. The minimum Gasteiger partial charge on any atom is -0.481 e. The van der Waals surface area contributed by atoms with Crippen LogP contribution in [0, 0.1) is 67.9 Å². The smallest absolute Gasteiger partial charge is 0.309 e. The van der Waals surface area contributed by atoms with Gasteiger partial charge in [0.15, 0.2) is 0 Å². The van der Waals surface area contributed by atoms with E-state index in [1.54, 1.807) is 26.0 Å². The fourth-order valence-electron chi connectivity index (χ4n) is 13.6. The van der Waals surface area contributed by atoms with Crippen LogP contribution in [0.1, 0.15) is 138 Å². The van der Waals surface area contributed by atoms with Gasteiger partial charge < -0.3 is 15.2 Å². The molecule has 10 atom stereocenters. The van der Waals surface area contributed by atoms with Crippen molar-refractivity contribution in [3.05, 3.63) is 47.8 Å². The number of rotatable bonds is 9. The van der Waals surface area contributed by atoms with Crippen molar-refractivity contribution in [2.45, 2.75) is 145 Å². The van der Waals surface area contributed by atoms with Crippen LogP contribution < -0.4 is 5.32 Å². The topological polar surface area (TPSA) is 92.7 Å². The highest BCUT2D eigenvalue weighted by atomic mass is 19.1. The van der Waals surface area contributed by atoms with Crippen molar-refractivity contribution in [3.8, 4) is 0 Å². The van der Waals surface area contributed by atoms with Gasteiger partial charge in [-0.25, -0.2) is 4.39 Å². The summed E-state index contributed by atoms with van der Waals surface area (Å²) in [6.45, 7) is 22.4. The number of esters is 1. The van der Waals surface area contributed by atoms with Gasteiger partial charge in [0.25, 0.3) is 0 Å². The Labute approximate surface area is 306 Å². The van der Waals surface area contributed by atoms with E-state index in [1.165, 1.54) is 18.1 Å². The molecule has 51 heavy (non-hydrogen) atoms. The fraction of sp³-hybridized carbons (Fsp3) is 0.750. The van der Waals surface area contributed by atoms with Gasteiger partial charge in [-0.05, 0) is 142 Å². The molecule has 0 radical (unpaired) electrons. The molecule has 5 aliphatic carbocycles. The van der Waals surface area contributed by atoms with E-state index in [0.717, 1.165) is 57.8 Å². The molecule has 5 fully saturated rings. The average Bonchev–Trinajstić information content (AvgIpc) is 3.41. The quantitative estimate of drug-likeness (QED) is 0.197. The Balaban J connectivity index is 1.23. The lowest BCUT2D eigenvalue weighted by Gasteiger charge is -2.73. The van der Waals surface area contributed by atoms with E-state index >= 15 is 0 Å². The maximum absolute atomic E-state index is 14.4. The molecule has 1 amide bonds. The Bertz CT molecular complexity index is 1570. The van der Waals surface area contributed by atoms with Crippen LogP contribution in [-0.4, -0.2) is 29.1 Å². The van der Waals surface area contributed by atoms with Gasteiger partial charge in [0.05, 0.1) is 11.8 Å². The molecule has 0 aromatic heterocycles. The van der Waals surface area contributed by atoms with E-state index in [-0.39, 0.29) is 57.9 Å². The monoisotopic (exact) mass is 705 g/mol. The van der Waals surface area contributed by atoms with Gasteiger partial charge >= 0.3 is 11.9 Å². The zero-order valence-corrected chi connectivity index (χ0v) is 32.6. The summed E-state index contributed by atoms with van der Waals surface area (Å²) in [5, 5.41) is 12.7. The Morgan fingerprint density at radius 3 is 2.29 bits per heavy atom. The van der Waals surface area contributed by atoms with Crippen molar-refractivity contribution in [3.63, 3.8) is 0 Å². The number of aliphatic carboxylic acids is 1. The predicted molar refractivity (Wildman–Crippen MR) is 198 cm³/mol. The van der Waals surface area contributed by atoms with Crippen molar-refractivity contribution >= 4 is 17.8 Å². The van der Waals surface area contributed by atoms with Crippen molar-refractivity contribution in [2.24, 2.45) is 62.1 Å². The number of carbonyl (C=O) groups excluding carboxylic acids is 2. The Kier molecular flexibility index (Phi) is 9.70. The molecule has 0 aliphatic heterocycles. The lowest BCUT2D eigenvalue weighted by atomic mass is 9.32. The highest BCUT2D eigenvalue weighted by Gasteiger charge is 2.71. The number of allylic oxidation sites excluding steroid dienone is 1. The van der Waals surface area contributed by atoms with E-state index in [2.05, 4.69) is 53.4 Å². The molecule has 7 heteroatoms. The van der Waals surface area contributed by atoms with E-state index < -0.39 is 17.4 Å². The van der Waals surface area contributed by atoms with Crippen molar-refractivity contribution in [1.82, 2.24) is 5.32 Å². The largest absolute Gasteiger partial charge is 0.481 e. The van der Waals surface area contributed by atoms with Crippen molar-refractivity contribution in [2.75, 3.05) is 0 Å². The van der Waals surface area contributed by atoms with Crippen LogP contribution in [0.4, 0.5) is 4.39 Å². The van der Waals surface area contributed by atoms with Gasteiger partial charge in [0, 0.05) is 23.9 Å². The molecule has 5 saturated carbocycles. The Hall–Kier alpha value is -2.70. The standard InChI is InChI=1S/C44H64FNO5/c1-27(2)29-16-21-44(24-35(47)46-26-28-12-10-11-13-31(28)45)23-22-42(8)30(37(29)44)14-15-33-41(7)19-18-34(51-36(48)25-39(3,4)38(49)50)40(5,6)32(41)17-20-43(33,42)9/h10-13,29-30,32-34,37H,1,14-26H2,2-9H3,(H,46,47)(H,49,50)/t29-,30+,32-,33+,34-,37+,41-,42+,43+,44+/m0/s1. The van der Waals surface area contributed by atoms with Gasteiger partial charge in [-0.2, -0.15) is 0 Å². The summed E-state index contributed by atoms with van der Waals surface area (Å²) in [5.74, 6) is 0.651. The zero-order valence-electron chi connectivity index (χ0n) is 32.6. The molecule has 0 bridgehead atoms. The summed E-state index contributed by atoms with van der Waals surface area (Å²) in [5.41, 5.74) is 0.732. The molecular formula is C44H64FNO5. The number of ether oxygens (including phenoxy) is 1. The van der Waals surface area contributed by atoms with Crippen LogP contribution >= 0.6 is 0 Å². The number of fused-ring (bicyclic) bond motifs is 7. The van der Waals surface area contributed by atoms with Gasteiger partial charge in [0.1, 0.15) is 11.9 Å². The maximum Gasteiger partial charge on any atom is 0.309 e. The van der Waals surface area contributed by atoms with Gasteiger partial charge in [-0.3, -0.25) is 14.4 Å². The molecule has 0 unspecified atom stereocenters. The molecule has 2 N–H and O–H groups in total. The first-order valence-electron chi connectivity index (χ1n) is 19.8. The second kappa shape index (κ2) is 13.0. The normalized spacial score (nSPS) is 39.8. The first kappa shape index (κ1) is 38.0. The first-order chi connectivity index (χ1) is 23.7. The number of carbonyl (C=O) groups is 3. The third-order valence-electron chi connectivity index (χ3n) is 16.6. The van der Waals surface area contributed by atoms with Gasteiger partial charge in [-0.1, -0.05) is 65.0 Å². The highest BCUT2D eigenvalue weighted by molar-refractivity contribution is 5.81. The number of hydrogen-bond acceptors (Lipinski definition) is 4. The summed E-state index contributed by atoms with van der Waals surface area (Å²) in [7, 11) is 0. The lowest BCUT2D eigenvalue weighted by Crippen LogP contribution is -2.67. The summed E-state index contributed by atoms with van der Waals surface area (Å²) >= 11 is 0. The number of halogens is 1. The number of benzene rings is 1. The SMILES string of the molecule is C=C(C)[C@@H]1CC[C@]2(CC(=O)NCc3ccccc3F)CC[C@]3(C)[C@H](CC[C@@H]4[C@@]5(C)CC[C@H](OC(=O)CC(C)(C)C(=O)O)C(C)(C)[C@@H]5CC[C@]43C)[C@@H]12. The maximum atomic E-state index is 14.4. The van der Waals surface area contributed by atoms with Crippen LogP contribution in [0.3, 0.4) is 0 Å². The second-order valence-electron chi connectivity index (χ2n) is 19.8. The molecule has 1 aromatic carbocycles. The Morgan fingerprint density at radius 1 is 0.922 bits per heavy atom. The molecular weight excluding hydrogens is 641 g/mol. The fourth-order valence-corrected chi connectivity index (χ4v) is 13.6. The zero-order chi connectivity index (χ0) is 37.4. The molecule has 0 saturated heterocycles. The predicted octanol–water partition coefficient (Wildman–Crippen LogP) is 9.90.